The zero-order valence-electron chi connectivity index (χ0n) is 19.9. The minimum Gasteiger partial charge on any atom is -0.366 e. The van der Waals surface area contributed by atoms with Crippen LogP contribution in [0.5, 0.6) is 0 Å². The van der Waals surface area contributed by atoms with Crippen molar-refractivity contribution in [1.82, 2.24) is 10.2 Å². The van der Waals surface area contributed by atoms with E-state index in [1.807, 2.05) is 24.3 Å². The Morgan fingerprint density at radius 1 is 0.973 bits per heavy atom. The summed E-state index contributed by atoms with van der Waals surface area (Å²) < 4.78 is 0. The number of carbonyl (C=O) groups is 2. The predicted octanol–water partition coefficient (Wildman–Crippen LogP) is 4.65. The number of amides is 2. The summed E-state index contributed by atoms with van der Waals surface area (Å²) in [5, 5.41) is 17.5. The second-order valence-corrected chi connectivity index (χ2v) is 9.31. The second-order valence-electron chi connectivity index (χ2n) is 8.47. The van der Waals surface area contributed by atoms with Gasteiger partial charge < -0.3 is 15.1 Å². The largest absolute Gasteiger partial charge is 0.366 e. The number of piperazine rings is 1. The number of aryl methyl sites for hydroxylation is 1. The van der Waals surface area contributed by atoms with Crippen LogP contribution >= 0.6 is 23.8 Å². The number of thiocarbonyl (C=S) groups is 1. The number of hydrogen-bond acceptors (Lipinski definition) is 6. The van der Waals surface area contributed by atoms with E-state index < -0.39 is 10.8 Å². The number of nitrogens with one attached hydrogen (secondary N) is 2. The highest BCUT2D eigenvalue weighted by atomic mass is 35.5. The maximum absolute atomic E-state index is 12.8. The van der Waals surface area contributed by atoms with E-state index in [4.69, 9.17) is 23.8 Å². The first kappa shape index (κ1) is 26.1. The Kier molecular flexibility index (Phi) is 8.00. The number of para-hydroxylation sites is 2. The summed E-state index contributed by atoms with van der Waals surface area (Å²) in [7, 11) is 0. The minimum absolute atomic E-state index is 0.0389. The molecular weight excluding hydrogens is 514 g/mol. The van der Waals surface area contributed by atoms with E-state index in [2.05, 4.69) is 15.5 Å². The molecule has 2 N–H and O–H groups in total. The summed E-state index contributed by atoms with van der Waals surface area (Å²) in [5.41, 5.74) is 2.64. The van der Waals surface area contributed by atoms with Crippen LogP contribution in [0.3, 0.4) is 0 Å². The average Bonchev–Trinajstić information content (AvgIpc) is 2.89. The molecule has 1 fully saturated rings. The van der Waals surface area contributed by atoms with Gasteiger partial charge in [-0.25, -0.2) is 0 Å². The van der Waals surface area contributed by atoms with E-state index in [0.717, 1.165) is 5.69 Å². The topological polar surface area (TPSA) is 108 Å². The zero-order valence-corrected chi connectivity index (χ0v) is 21.5. The molecule has 0 spiro atoms. The Hall–Kier alpha value is -4.02. The first-order chi connectivity index (χ1) is 17.7. The molecule has 1 saturated heterocycles. The van der Waals surface area contributed by atoms with Crippen LogP contribution in [0.4, 0.5) is 17.1 Å². The molecule has 4 rings (SSSR count). The molecule has 3 aromatic carbocycles. The van der Waals surface area contributed by atoms with Crippen LogP contribution in [0.25, 0.3) is 0 Å². The number of anilines is 2. The molecule has 0 bridgehead atoms. The van der Waals surface area contributed by atoms with Crippen LogP contribution in [0.1, 0.15) is 26.3 Å². The molecule has 3 aromatic rings. The molecule has 0 saturated carbocycles. The first-order valence-electron chi connectivity index (χ1n) is 11.5. The van der Waals surface area contributed by atoms with Gasteiger partial charge in [-0.2, -0.15) is 0 Å². The summed E-state index contributed by atoms with van der Waals surface area (Å²) in [6.45, 7) is 3.93. The molecule has 2 amide bonds. The van der Waals surface area contributed by atoms with Gasteiger partial charge in [0.2, 0.25) is 0 Å². The van der Waals surface area contributed by atoms with Gasteiger partial charge in [0, 0.05) is 54.0 Å². The van der Waals surface area contributed by atoms with Crippen LogP contribution in [-0.2, 0) is 0 Å². The summed E-state index contributed by atoms with van der Waals surface area (Å²) in [5.74, 6) is -0.588. The third kappa shape index (κ3) is 6.22. The van der Waals surface area contributed by atoms with Gasteiger partial charge in [0.05, 0.1) is 16.3 Å². The maximum Gasteiger partial charge on any atom is 0.273 e. The summed E-state index contributed by atoms with van der Waals surface area (Å²) in [6.07, 6.45) is 0. The Bertz CT molecular complexity index is 1360. The van der Waals surface area contributed by atoms with Crippen LogP contribution in [0.2, 0.25) is 5.02 Å². The fourth-order valence-electron chi connectivity index (χ4n) is 4.06. The number of nitrogens with zero attached hydrogens (tertiary/aromatic N) is 3. The molecule has 0 unspecified atom stereocenters. The number of nitro benzene ring substituents is 1. The van der Waals surface area contributed by atoms with Gasteiger partial charge in [-0.15, -0.1) is 0 Å². The lowest BCUT2D eigenvalue weighted by molar-refractivity contribution is -0.385. The summed E-state index contributed by atoms with van der Waals surface area (Å²) in [4.78, 5) is 40.1. The third-order valence-corrected chi connectivity index (χ3v) is 6.50. The van der Waals surface area contributed by atoms with Crippen molar-refractivity contribution < 1.29 is 14.5 Å². The van der Waals surface area contributed by atoms with Gasteiger partial charge in [0.25, 0.3) is 17.5 Å². The average molecular weight is 538 g/mol. The van der Waals surface area contributed by atoms with Crippen molar-refractivity contribution in [3.8, 4) is 0 Å². The molecule has 1 aliphatic rings. The molecule has 37 heavy (non-hydrogen) atoms. The van der Waals surface area contributed by atoms with Crippen molar-refractivity contribution in [2.75, 3.05) is 36.4 Å². The number of rotatable bonds is 5. The molecule has 0 aliphatic carbocycles. The zero-order chi connectivity index (χ0) is 26.5. The van der Waals surface area contributed by atoms with Gasteiger partial charge >= 0.3 is 0 Å². The number of halogens is 1. The van der Waals surface area contributed by atoms with Gasteiger partial charge in [0.15, 0.2) is 5.11 Å². The van der Waals surface area contributed by atoms with Crippen LogP contribution in [0, 0.1) is 17.0 Å². The Labute approximate surface area is 224 Å². The van der Waals surface area contributed by atoms with E-state index in [9.17, 15) is 19.7 Å². The second kappa shape index (κ2) is 11.4. The van der Waals surface area contributed by atoms with Gasteiger partial charge in [-0.1, -0.05) is 29.8 Å². The van der Waals surface area contributed by atoms with E-state index in [-0.39, 0.29) is 22.3 Å². The number of benzene rings is 3. The number of carbonyl (C=O) groups excluding carboxylic acids is 2. The Morgan fingerprint density at radius 2 is 1.62 bits per heavy atom. The Balaban J connectivity index is 1.39. The van der Waals surface area contributed by atoms with Crippen molar-refractivity contribution in [3.05, 3.63) is 98.6 Å². The molecule has 1 aliphatic heterocycles. The smallest absolute Gasteiger partial charge is 0.273 e. The van der Waals surface area contributed by atoms with Crippen molar-refractivity contribution in [2.45, 2.75) is 6.92 Å². The van der Waals surface area contributed by atoms with Gasteiger partial charge in [0.1, 0.15) is 0 Å². The van der Waals surface area contributed by atoms with Gasteiger partial charge in [-0.3, -0.25) is 25.0 Å². The molecule has 9 nitrogen and oxygen atoms in total. The standard InChI is InChI=1S/C26H24ClN5O4S/c1-17-6-7-19(16-23(17)32(35)36)24(33)29-26(37)28-21-4-2-3-5-22(21)30-12-14-31(15-13-30)25(34)18-8-10-20(27)11-9-18/h2-11,16H,12-15H2,1H3,(H2,28,29,33,37). The van der Waals surface area contributed by atoms with E-state index >= 15 is 0 Å². The summed E-state index contributed by atoms with van der Waals surface area (Å²) >= 11 is 11.3. The normalized spacial score (nSPS) is 13.1. The maximum atomic E-state index is 12.8. The summed E-state index contributed by atoms with van der Waals surface area (Å²) in [6, 6.07) is 18.6. The Morgan fingerprint density at radius 3 is 2.30 bits per heavy atom. The predicted molar refractivity (Wildman–Crippen MR) is 148 cm³/mol. The van der Waals surface area contributed by atoms with E-state index in [0.29, 0.717) is 48.0 Å². The number of nitro groups is 1. The molecule has 0 aromatic heterocycles. The van der Waals surface area contributed by atoms with Crippen molar-refractivity contribution in [3.63, 3.8) is 0 Å². The highest BCUT2D eigenvalue weighted by Crippen LogP contribution is 2.27. The van der Waals surface area contributed by atoms with Crippen molar-refractivity contribution >= 4 is 57.8 Å². The van der Waals surface area contributed by atoms with Crippen molar-refractivity contribution in [2.24, 2.45) is 0 Å². The lowest BCUT2D eigenvalue weighted by Crippen LogP contribution is -2.49. The van der Waals surface area contributed by atoms with E-state index in [1.165, 1.54) is 18.2 Å². The monoisotopic (exact) mass is 537 g/mol. The fraction of sp³-hybridized carbons (Fsp3) is 0.192. The van der Waals surface area contributed by atoms with Crippen LogP contribution < -0.4 is 15.5 Å². The highest BCUT2D eigenvalue weighted by Gasteiger charge is 2.24. The molecule has 1 heterocycles. The molecule has 0 atom stereocenters. The van der Waals surface area contributed by atoms with E-state index in [1.54, 1.807) is 36.1 Å². The SMILES string of the molecule is Cc1ccc(C(=O)NC(=S)Nc2ccccc2N2CCN(C(=O)c3ccc(Cl)cc3)CC2)cc1[N+](=O)[O-]. The van der Waals surface area contributed by atoms with Gasteiger partial charge in [-0.05, 0) is 61.6 Å². The molecule has 190 valence electrons. The minimum atomic E-state index is -0.549. The fourth-order valence-corrected chi connectivity index (χ4v) is 4.39. The van der Waals surface area contributed by atoms with Crippen LogP contribution in [0.15, 0.2) is 66.7 Å². The van der Waals surface area contributed by atoms with Crippen molar-refractivity contribution in [1.29, 1.82) is 0 Å². The highest BCUT2D eigenvalue weighted by molar-refractivity contribution is 7.80. The first-order valence-corrected chi connectivity index (χ1v) is 12.3. The van der Waals surface area contributed by atoms with Crippen LogP contribution in [-0.4, -0.2) is 52.9 Å². The lowest BCUT2D eigenvalue weighted by Gasteiger charge is -2.37. The molecule has 11 heteroatoms. The lowest BCUT2D eigenvalue weighted by atomic mass is 10.1. The molecule has 0 radical (unpaired) electrons. The third-order valence-electron chi connectivity index (χ3n) is 6.05. The number of hydrogen-bond donors (Lipinski definition) is 2. The molecular formula is C26H24ClN5O4S. The quantitative estimate of drug-likeness (QED) is 0.277.